The van der Waals surface area contributed by atoms with Gasteiger partial charge in [0.2, 0.25) is 0 Å². The van der Waals surface area contributed by atoms with Crippen LogP contribution in [-0.4, -0.2) is 64.8 Å². The second-order valence-electron chi connectivity index (χ2n) is 5.81. The predicted molar refractivity (Wildman–Crippen MR) is 89.4 cm³/mol. The Bertz CT molecular complexity index is 515. The Kier molecular flexibility index (Phi) is 7.50. The Hall–Kier alpha value is -2.12. The molecule has 4 N–H and O–H groups in total. The molecule has 0 radical (unpaired) electrons. The highest BCUT2D eigenvalue weighted by Crippen LogP contribution is 2.15. The summed E-state index contributed by atoms with van der Waals surface area (Å²) in [6, 6.07) is 8.17. The van der Waals surface area contributed by atoms with E-state index in [1.165, 1.54) is 0 Å². The second-order valence-corrected chi connectivity index (χ2v) is 5.81. The van der Waals surface area contributed by atoms with Crippen LogP contribution in [0.3, 0.4) is 0 Å². The molecule has 0 aliphatic carbocycles. The topological polar surface area (TPSA) is 86.1 Å². The summed E-state index contributed by atoms with van der Waals surface area (Å²) in [7, 11) is 7.97. The van der Waals surface area contributed by atoms with Crippen molar-refractivity contribution in [2.24, 2.45) is 0 Å². The fourth-order valence-electron chi connectivity index (χ4n) is 2.18. The van der Waals surface area contributed by atoms with Crippen molar-refractivity contribution >= 4 is 17.5 Å². The molecule has 23 heavy (non-hydrogen) atoms. The highest BCUT2D eigenvalue weighted by atomic mass is 16.3. The van der Waals surface area contributed by atoms with Crippen LogP contribution in [0.15, 0.2) is 24.3 Å². The number of carbonyl (C=O) groups excluding carboxylic acids is 2. The minimum Gasteiger partial charge on any atom is -0.395 e. The Labute approximate surface area is 137 Å². The van der Waals surface area contributed by atoms with Crippen LogP contribution >= 0.6 is 0 Å². The van der Waals surface area contributed by atoms with Crippen LogP contribution in [0.5, 0.6) is 0 Å². The predicted octanol–water partition coefficient (Wildman–Crippen LogP) is -1.84. The SMILES string of the molecule is CN(C)c1ccc([C@H](CNC(=O)C(=O)NCCO)[NH+](C)C)cc1. The largest absolute Gasteiger partial charge is 0.395 e. The first-order valence-electron chi connectivity index (χ1n) is 7.61. The monoisotopic (exact) mass is 323 g/mol. The summed E-state index contributed by atoms with van der Waals surface area (Å²) >= 11 is 0. The van der Waals surface area contributed by atoms with E-state index >= 15 is 0 Å². The normalized spacial score (nSPS) is 11.9. The molecule has 0 heterocycles. The van der Waals surface area contributed by atoms with E-state index < -0.39 is 11.8 Å². The summed E-state index contributed by atoms with van der Waals surface area (Å²) in [5.74, 6) is -1.41. The molecule has 0 unspecified atom stereocenters. The molecule has 0 bridgehead atoms. The molecule has 0 saturated heterocycles. The van der Waals surface area contributed by atoms with E-state index in [0.717, 1.165) is 16.2 Å². The number of aliphatic hydroxyl groups is 1. The summed E-state index contributed by atoms with van der Waals surface area (Å²) < 4.78 is 0. The number of rotatable bonds is 7. The molecule has 0 aliphatic rings. The number of likely N-dealkylation sites (N-methyl/N-ethyl adjacent to an activating group) is 1. The summed E-state index contributed by atoms with van der Waals surface area (Å²) in [6.07, 6.45) is 0. The third kappa shape index (κ3) is 5.88. The highest BCUT2D eigenvalue weighted by molar-refractivity contribution is 6.35. The zero-order valence-corrected chi connectivity index (χ0v) is 14.2. The fraction of sp³-hybridized carbons (Fsp3) is 0.500. The van der Waals surface area contributed by atoms with Crippen molar-refractivity contribution in [2.75, 3.05) is 52.8 Å². The van der Waals surface area contributed by atoms with Crippen LogP contribution in [0, 0.1) is 0 Å². The van der Waals surface area contributed by atoms with Gasteiger partial charge in [0.05, 0.1) is 27.2 Å². The van der Waals surface area contributed by atoms with Crippen LogP contribution in [0.1, 0.15) is 11.6 Å². The van der Waals surface area contributed by atoms with Crippen molar-refractivity contribution in [1.82, 2.24) is 10.6 Å². The smallest absolute Gasteiger partial charge is 0.309 e. The number of carbonyl (C=O) groups is 2. The third-order valence-corrected chi connectivity index (χ3v) is 3.58. The average molecular weight is 323 g/mol. The van der Waals surface area contributed by atoms with E-state index in [-0.39, 0.29) is 19.2 Å². The molecule has 7 nitrogen and oxygen atoms in total. The lowest BCUT2D eigenvalue weighted by molar-refractivity contribution is -0.890. The van der Waals surface area contributed by atoms with Gasteiger partial charge in [-0.25, -0.2) is 0 Å². The molecule has 7 heteroatoms. The van der Waals surface area contributed by atoms with Crippen molar-refractivity contribution in [3.63, 3.8) is 0 Å². The molecule has 2 amide bonds. The van der Waals surface area contributed by atoms with Gasteiger partial charge >= 0.3 is 11.8 Å². The highest BCUT2D eigenvalue weighted by Gasteiger charge is 2.21. The lowest BCUT2D eigenvalue weighted by Gasteiger charge is -2.23. The molecule has 1 rings (SSSR count). The van der Waals surface area contributed by atoms with Crippen molar-refractivity contribution in [2.45, 2.75) is 6.04 Å². The molecule has 1 aromatic carbocycles. The number of nitrogens with one attached hydrogen (secondary N) is 3. The van der Waals surface area contributed by atoms with Gasteiger partial charge in [-0.2, -0.15) is 0 Å². The van der Waals surface area contributed by atoms with E-state index in [0.29, 0.717) is 6.54 Å². The fourth-order valence-corrected chi connectivity index (χ4v) is 2.18. The minimum absolute atomic E-state index is 0.0424. The van der Waals surface area contributed by atoms with Gasteiger partial charge < -0.3 is 25.5 Å². The van der Waals surface area contributed by atoms with Crippen molar-refractivity contribution in [3.8, 4) is 0 Å². The number of amides is 2. The summed E-state index contributed by atoms with van der Waals surface area (Å²) in [6.45, 7) is 0.233. The molecule has 0 aliphatic heterocycles. The van der Waals surface area contributed by atoms with Gasteiger partial charge in [0.1, 0.15) is 6.04 Å². The lowest BCUT2D eigenvalue weighted by atomic mass is 10.1. The van der Waals surface area contributed by atoms with Gasteiger partial charge in [-0.3, -0.25) is 9.59 Å². The van der Waals surface area contributed by atoms with Gasteiger partial charge in [0, 0.05) is 31.9 Å². The molecular weight excluding hydrogens is 296 g/mol. The number of aliphatic hydroxyl groups excluding tert-OH is 1. The number of hydrogen-bond donors (Lipinski definition) is 4. The average Bonchev–Trinajstić information content (AvgIpc) is 2.52. The van der Waals surface area contributed by atoms with Gasteiger partial charge in [-0.1, -0.05) is 12.1 Å². The third-order valence-electron chi connectivity index (χ3n) is 3.58. The summed E-state index contributed by atoms with van der Waals surface area (Å²) in [4.78, 5) is 26.4. The number of nitrogens with zero attached hydrogens (tertiary/aromatic N) is 1. The molecule has 0 saturated carbocycles. The number of quaternary nitrogens is 1. The van der Waals surface area contributed by atoms with Gasteiger partial charge in [-0.15, -0.1) is 0 Å². The van der Waals surface area contributed by atoms with Gasteiger partial charge in [0.15, 0.2) is 0 Å². The maximum Gasteiger partial charge on any atom is 0.309 e. The maximum atomic E-state index is 11.7. The van der Waals surface area contributed by atoms with E-state index in [1.807, 2.05) is 57.4 Å². The van der Waals surface area contributed by atoms with Crippen LogP contribution in [0.25, 0.3) is 0 Å². The van der Waals surface area contributed by atoms with Crippen LogP contribution in [-0.2, 0) is 9.59 Å². The number of benzene rings is 1. The Morgan fingerprint density at radius 3 is 2.17 bits per heavy atom. The Balaban J connectivity index is 2.68. The molecular formula is C16H27N4O3+. The van der Waals surface area contributed by atoms with E-state index in [9.17, 15) is 9.59 Å². The van der Waals surface area contributed by atoms with Crippen molar-refractivity contribution in [3.05, 3.63) is 29.8 Å². The zero-order chi connectivity index (χ0) is 17.4. The van der Waals surface area contributed by atoms with Gasteiger partial charge in [0.25, 0.3) is 0 Å². The minimum atomic E-state index is -0.727. The van der Waals surface area contributed by atoms with Crippen molar-refractivity contribution < 1.29 is 19.6 Å². The summed E-state index contributed by atoms with van der Waals surface area (Å²) in [5.41, 5.74) is 2.19. The maximum absolute atomic E-state index is 11.7. The first kappa shape index (κ1) is 18.9. The molecule has 0 spiro atoms. The van der Waals surface area contributed by atoms with Crippen LogP contribution in [0.2, 0.25) is 0 Å². The number of anilines is 1. The molecule has 128 valence electrons. The van der Waals surface area contributed by atoms with E-state index in [4.69, 9.17) is 5.11 Å². The molecule has 1 aromatic rings. The first-order valence-corrected chi connectivity index (χ1v) is 7.61. The number of hydrogen-bond acceptors (Lipinski definition) is 4. The van der Waals surface area contributed by atoms with E-state index in [2.05, 4.69) is 10.6 Å². The van der Waals surface area contributed by atoms with Crippen LogP contribution < -0.4 is 20.4 Å². The van der Waals surface area contributed by atoms with E-state index in [1.54, 1.807) is 0 Å². The quantitative estimate of drug-likeness (QED) is 0.444. The van der Waals surface area contributed by atoms with Gasteiger partial charge in [-0.05, 0) is 12.1 Å². The Morgan fingerprint density at radius 2 is 1.70 bits per heavy atom. The molecule has 0 aromatic heterocycles. The Morgan fingerprint density at radius 1 is 1.13 bits per heavy atom. The first-order chi connectivity index (χ1) is 10.9. The molecule has 1 atom stereocenters. The lowest BCUT2D eigenvalue weighted by Crippen LogP contribution is -3.07. The standard InChI is InChI=1S/C16H26N4O3/c1-19(2)13-7-5-12(6-8-13)14(20(3)4)11-18-16(23)15(22)17-9-10-21/h5-8,14,21H,9-11H2,1-4H3,(H,17,22)(H,18,23)/p+1/t14-/m0/s1. The zero-order valence-electron chi connectivity index (χ0n) is 14.2. The summed E-state index contributed by atoms with van der Waals surface area (Å²) in [5, 5.41) is 13.6. The molecule has 0 fully saturated rings. The second kappa shape index (κ2) is 9.12. The van der Waals surface area contributed by atoms with Crippen LogP contribution in [0.4, 0.5) is 5.69 Å². The van der Waals surface area contributed by atoms with Crippen molar-refractivity contribution in [1.29, 1.82) is 0 Å².